The zero-order valence-electron chi connectivity index (χ0n) is 15.2. The molecule has 0 radical (unpaired) electrons. The summed E-state index contributed by atoms with van der Waals surface area (Å²) in [5.41, 5.74) is 0. The molecule has 0 saturated heterocycles. The maximum absolute atomic E-state index is 11.4. The van der Waals surface area contributed by atoms with Gasteiger partial charge in [0.1, 0.15) is 0 Å². The van der Waals surface area contributed by atoms with Gasteiger partial charge < -0.3 is 5.11 Å². The molecule has 0 saturated carbocycles. The van der Waals surface area contributed by atoms with Crippen LogP contribution < -0.4 is 0 Å². The van der Waals surface area contributed by atoms with Gasteiger partial charge in [-0.25, -0.2) is 0 Å². The van der Waals surface area contributed by atoms with Gasteiger partial charge in [-0.2, -0.15) is 8.42 Å². The van der Waals surface area contributed by atoms with Crippen molar-refractivity contribution in [3.05, 3.63) is 0 Å². The second-order valence-electron chi connectivity index (χ2n) is 6.77. The smallest absolute Gasteiger partial charge is 0.267 e. The third kappa shape index (κ3) is 14.0. The van der Waals surface area contributed by atoms with Gasteiger partial charge in [-0.1, -0.05) is 78.1 Å². The van der Waals surface area contributed by atoms with Crippen molar-refractivity contribution in [3.8, 4) is 0 Å². The second-order valence-corrected chi connectivity index (χ2v) is 8.47. The molecule has 0 aliphatic rings. The highest BCUT2D eigenvalue weighted by Crippen LogP contribution is 2.19. The molecule has 0 amide bonds. The molecule has 0 aromatic rings. The number of hydrogen-bond acceptors (Lipinski definition) is 3. The first-order valence-electron chi connectivity index (χ1n) is 9.56. The normalized spacial score (nSPS) is 14.8. The van der Waals surface area contributed by atoms with E-state index in [1.165, 1.54) is 19.3 Å². The van der Waals surface area contributed by atoms with Crippen molar-refractivity contribution in [1.29, 1.82) is 0 Å². The molecule has 0 aliphatic heterocycles. The van der Waals surface area contributed by atoms with Crippen LogP contribution in [0.1, 0.15) is 104 Å². The summed E-state index contributed by atoms with van der Waals surface area (Å²) in [6.45, 7) is 4.29. The van der Waals surface area contributed by atoms with Crippen LogP contribution >= 0.6 is 0 Å². The quantitative estimate of drug-likeness (QED) is 0.300. The fourth-order valence-corrected chi connectivity index (χ4v) is 3.87. The van der Waals surface area contributed by atoms with E-state index in [2.05, 4.69) is 13.8 Å². The van der Waals surface area contributed by atoms with Crippen molar-refractivity contribution in [2.45, 2.75) is 115 Å². The number of hydrogen-bond donors (Lipinski definition) is 2. The van der Waals surface area contributed by atoms with Gasteiger partial charge in [-0.05, 0) is 25.7 Å². The van der Waals surface area contributed by atoms with Crippen LogP contribution in [-0.4, -0.2) is 29.4 Å². The van der Waals surface area contributed by atoms with E-state index in [4.69, 9.17) is 0 Å². The van der Waals surface area contributed by atoms with Gasteiger partial charge in [0, 0.05) is 0 Å². The molecule has 0 heterocycles. The molecule has 0 fully saturated rings. The van der Waals surface area contributed by atoms with Crippen molar-refractivity contribution in [2.24, 2.45) is 0 Å². The maximum Gasteiger partial charge on any atom is 0.267 e. The van der Waals surface area contributed by atoms with E-state index in [0.717, 1.165) is 57.8 Å². The second kappa shape index (κ2) is 14.2. The molecule has 0 rings (SSSR count). The monoisotopic (exact) mass is 350 g/mol. The summed E-state index contributed by atoms with van der Waals surface area (Å²) in [7, 11) is -3.94. The Kier molecular flexibility index (Phi) is 14.2. The van der Waals surface area contributed by atoms with E-state index in [0.29, 0.717) is 12.8 Å². The van der Waals surface area contributed by atoms with Gasteiger partial charge >= 0.3 is 0 Å². The summed E-state index contributed by atoms with van der Waals surface area (Å²) in [4.78, 5) is 0. The topological polar surface area (TPSA) is 74.6 Å². The van der Waals surface area contributed by atoms with Crippen molar-refractivity contribution in [3.63, 3.8) is 0 Å². The van der Waals surface area contributed by atoms with Crippen LogP contribution in [0.3, 0.4) is 0 Å². The first-order valence-corrected chi connectivity index (χ1v) is 11.1. The molecule has 140 valence electrons. The minimum atomic E-state index is -3.94. The Hall–Kier alpha value is -0.130. The molecule has 0 spiro atoms. The molecule has 23 heavy (non-hydrogen) atoms. The van der Waals surface area contributed by atoms with Crippen molar-refractivity contribution < 1.29 is 18.1 Å². The molecule has 0 aromatic heterocycles. The Labute approximate surface area is 143 Å². The number of unbranched alkanes of at least 4 members (excludes halogenated alkanes) is 7. The molecule has 5 heteroatoms. The summed E-state index contributed by atoms with van der Waals surface area (Å²) in [6, 6.07) is 0. The fourth-order valence-electron chi connectivity index (χ4n) is 2.94. The van der Waals surface area contributed by atoms with Crippen LogP contribution in [0.2, 0.25) is 0 Å². The number of rotatable bonds is 16. The molecule has 0 aliphatic carbocycles. The van der Waals surface area contributed by atoms with Crippen molar-refractivity contribution >= 4 is 10.1 Å². The largest absolute Gasteiger partial charge is 0.393 e. The van der Waals surface area contributed by atoms with Crippen LogP contribution in [0.15, 0.2) is 0 Å². The molecule has 2 atom stereocenters. The van der Waals surface area contributed by atoms with E-state index in [9.17, 15) is 18.1 Å². The predicted molar refractivity (Wildman–Crippen MR) is 97.3 cm³/mol. The minimum Gasteiger partial charge on any atom is -0.393 e. The van der Waals surface area contributed by atoms with Crippen LogP contribution in [0.5, 0.6) is 0 Å². The van der Waals surface area contributed by atoms with Gasteiger partial charge in [0.15, 0.2) is 0 Å². The van der Waals surface area contributed by atoms with E-state index in [1.54, 1.807) is 0 Å². The zero-order valence-corrected chi connectivity index (χ0v) is 16.0. The minimum absolute atomic E-state index is 0.263. The van der Waals surface area contributed by atoms with Crippen LogP contribution in [0.25, 0.3) is 0 Å². The summed E-state index contributed by atoms with van der Waals surface area (Å²) < 4.78 is 32.2. The van der Waals surface area contributed by atoms with Crippen molar-refractivity contribution in [2.75, 3.05) is 0 Å². The summed E-state index contributed by atoms with van der Waals surface area (Å²) in [5, 5.41) is 9.28. The maximum atomic E-state index is 11.4. The van der Waals surface area contributed by atoms with Crippen LogP contribution in [-0.2, 0) is 10.1 Å². The van der Waals surface area contributed by atoms with Gasteiger partial charge in [0.2, 0.25) is 0 Å². The molecular formula is C18H38O4S. The standard InChI is InChI=1S/C18H38O4S/c1-3-5-7-9-13-17(19)14-11-12-16-18(23(20,21)22)15-10-8-6-4-2/h17-19H,3-16H2,1-2H3,(H,20,21,22). The first-order chi connectivity index (χ1) is 10.9. The summed E-state index contributed by atoms with van der Waals surface area (Å²) in [5.74, 6) is 0. The van der Waals surface area contributed by atoms with Gasteiger partial charge in [-0.15, -0.1) is 0 Å². The molecule has 0 bridgehead atoms. The SMILES string of the molecule is CCCCCCC(O)CCCCC(CCCCCC)S(=O)(=O)O. The van der Waals surface area contributed by atoms with Crippen LogP contribution in [0.4, 0.5) is 0 Å². The molecule has 2 unspecified atom stereocenters. The zero-order chi connectivity index (χ0) is 17.6. The lowest BCUT2D eigenvalue weighted by Gasteiger charge is -2.15. The Bertz CT molecular complexity index is 354. The van der Waals surface area contributed by atoms with Crippen LogP contribution in [0, 0.1) is 0 Å². The van der Waals surface area contributed by atoms with Gasteiger partial charge in [0.05, 0.1) is 11.4 Å². The highest BCUT2D eigenvalue weighted by Gasteiger charge is 2.21. The first kappa shape index (κ1) is 22.9. The molecule has 0 aromatic carbocycles. The summed E-state index contributed by atoms with van der Waals surface area (Å²) >= 11 is 0. The van der Waals surface area contributed by atoms with E-state index in [1.807, 2.05) is 0 Å². The number of aliphatic hydroxyl groups is 1. The fraction of sp³-hybridized carbons (Fsp3) is 1.00. The Morgan fingerprint density at radius 3 is 1.52 bits per heavy atom. The lowest BCUT2D eigenvalue weighted by atomic mass is 10.0. The molecule has 4 nitrogen and oxygen atoms in total. The average molecular weight is 351 g/mol. The van der Waals surface area contributed by atoms with E-state index >= 15 is 0 Å². The highest BCUT2D eigenvalue weighted by molar-refractivity contribution is 7.86. The lowest BCUT2D eigenvalue weighted by Crippen LogP contribution is -2.20. The number of aliphatic hydroxyl groups excluding tert-OH is 1. The highest BCUT2D eigenvalue weighted by atomic mass is 32.2. The average Bonchev–Trinajstić information content (AvgIpc) is 2.48. The molecule has 2 N–H and O–H groups in total. The Morgan fingerprint density at radius 2 is 1.09 bits per heavy atom. The Balaban J connectivity index is 3.85. The lowest BCUT2D eigenvalue weighted by molar-refractivity contribution is 0.147. The van der Waals surface area contributed by atoms with Gasteiger partial charge in [0.25, 0.3) is 10.1 Å². The van der Waals surface area contributed by atoms with E-state index in [-0.39, 0.29) is 6.10 Å². The van der Waals surface area contributed by atoms with Crippen molar-refractivity contribution in [1.82, 2.24) is 0 Å². The summed E-state index contributed by atoms with van der Waals surface area (Å²) in [6.07, 6.45) is 12.8. The molecular weight excluding hydrogens is 312 g/mol. The van der Waals surface area contributed by atoms with E-state index < -0.39 is 15.4 Å². The predicted octanol–water partition coefficient (Wildman–Crippen LogP) is 5.10. The Morgan fingerprint density at radius 1 is 0.696 bits per heavy atom. The third-order valence-corrected chi connectivity index (χ3v) is 5.82. The third-order valence-electron chi connectivity index (χ3n) is 4.51. The van der Waals surface area contributed by atoms with Gasteiger partial charge in [-0.3, -0.25) is 4.55 Å².